The van der Waals surface area contributed by atoms with Crippen molar-refractivity contribution in [2.75, 3.05) is 13.7 Å². The summed E-state index contributed by atoms with van der Waals surface area (Å²) >= 11 is 0. The van der Waals surface area contributed by atoms with Crippen LogP contribution < -0.4 is 4.74 Å². The number of methoxy groups -OCH3 is 1. The Balaban J connectivity index is 2.22. The lowest BCUT2D eigenvalue weighted by molar-refractivity contribution is -0.131. The summed E-state index contributed by atoms with van der Waals surface area (Å²) in [6.07, 6.45) is 0.907. The summed E-state index contributed by atoms with van der Waals surface area (Å²) in [7, 11) is 3.77. The Hall–Kier alpha value is -1.97. The summed E-state index contributed by atoms with van der Waals surface area (Å²) in [6.45, 7) is 4.54. The molecule has 2 heterocycles. The highest BCUT2D eigenvalue weighted by Gasteiger charge is 2.30. The monoisotopic (exact) mass is 272 g/mol. The number of carbonyl (C=O) groups is 1. The third kappa shape index (κ3) is 1.71. The molecule has 2 aromatic rings. The van der Waals surface area contributed by atoms with Gasteiger partial charge in [0.1, 0.15) is 5.75 Å². The molecule has 106 valence electrons. The van der Waals surface area contributed by atoms with Crippen LogP contribution in [0.25, 0.3) is 10.9 Å². The van der Waals surface area contributed by atoms with Crippen molar-refractivity contribution in [1.82, 2.24) is 9.47 Å². The van der Waals surface area contributed by atoms with E-state index in [0.717, 1.165) is 18.7 Å². The smallest absolute Gasteiger partial charge is 0.220 e. The van der Waals surface area contributed by atoms with Crippen LogP contribution in [-0.4, -0.2) is 29.0 Å². The predicted molar refractivity (Wildman–Crippen MR) is 79.0 cm³/mol. The number of aryl methyl sites for hydroxylation is 1. The van der Waals surface area contributed by atoms with E-state index in [0.29, 0.717) is 0 Å². The molecule has 0 radical (unpaired) electrons. The Morgan fingerprint density at radius 2 is 2.15 bits per heavy atom. The maximum atomic E-state index is 11.7. The molecular formula is C16H20N2O2. The lowest BCUT2D eigenvalue weighted by Gasteiger charge is -2.33. The van der Waals surface area contributed by atoms with Gasteiger partial charge in [-0.2, -0.15) is 0 Å². The summed E-state index contributed by atoms with van der Waals surface area (Å²) in [5, 5.41) is 1.25. The molecular weight excluding hydrogens is 252 g/mol. The highest BCUT2D eigenvalue weighted by atomic mass is 16.5. The van der Waals surface area contributed by atoms with Crippen LogP contribution in [0.4, 0.5) is 0 Å². The molecule has 0 aliphatic carbocycles. The van der Waals surface area contributed by atoms with Crippen molar-refractivity contribution < 1.29 is 9.53 Å². The number of fused-ring (bicyclic) bond motifs is 3. The van der Waals surface area contributed by atoms with Crippen LogP contribution in [0.2, 0.25) is 0 Å². The first kappa shape index (κ1) is 13.0. The van der Waals surface area contributed by atoms with E-state index < -0.39 is 0 Å². The van der Waals surface area contributed by atoms with E-state index in [1.165, 1.54) is 22.2 Å². The number of rotatable bonds is 1. The molecule has 0 fully saturated rings. The summed E-state index contributed by atoms with van der Waals surface area (Å²) in [5.41, 5.74) is 3.80. The molecule has 20 heavy (non-hydrogen) atoms. The van der Waals surface area contributed by atoms with Crippen molar-refractivity contribution in [3.63, 3.8) is 0 Å². The molecule has 3 rings (SSSR count). The van der Waals surface area contributed by atoms with Crippen molar-refractivity contribution in [1.29, 1.82) is 0 Å². The number of hydrogen-bond acceptors (Lipinski definition) is 2. The van der Waals surface area contributed by atoms with Gasteiger partial charge in [0.15, 0.2) is 0 Å². The molecule has 1 aromatic heterocycles. The number of amides is 1. The van der Waals surface area contributed by atoms with Gasteiger partial charge in [0.05, 0.1) is 13.2 Å². The zero-order valence-corrected chi connectivity index (χ0v) is 12.4. The molecule has 0 saturated heterocycles. The molecule has 1 aliphatic heterocycles. The second-order valence-electron chi connectivity index (χ2n) is 5.44. The van der Waals surface area contributed by atoms with Gasteiger partial charge in [-0.15, -0.1) is 0 Å². The van der Waals surface area contributed by atoms with Gasteiger partial charge in [-0.3, -0.25) is 4.79 Å². The molecule has 4 heteroatoms. The number of hydrogen-bond donors (Lipinski definition) is 0. The molecule has 1 amide bonds. The fourth-order valence-electron chi connectivity index (χ4n) is 3.45. The standard InChI is InChI=1S/C16H20N2O2/c1-10-16-13(7-8-18(10)11(2)19)14-9-12(20-4)5-6-15(14)17(16)3/h5-6,9-10H,7-8H2,1-4H3. The minimum Gasteiger partial charge on any atom is -0.497 e. The topological polar surface area (TPSA) is 34.5 Å². The SMILES string of the molecule is COc1ccc2c(c1)c1c(n2C)C(C)N(C(C)=O)CC1. The average Bonchev–Trinajstić information content (AvgIpc) is 2.72. The van der Waals surface area contributed by atoms with Crippen molar-refractivity contribution in [3.05, 3.63) is 29.5 Å². The van der Waals surface area contributed by atoms with Gasteiger partial charge >= 0.3 is 0 Å². The fourth-order valence-corrected chi connectivity index (χ4v) is 3.45. The minimum absolute atomic E-state index is 0.125. The zero-order valence-electron chi connectivity index (χ0n) is 12.4. The minimum atomic E-state index is 0.125. The van der Waals surface area contributed by atoms with Gasteiger partial charge in [0, 0.05) is 37.1 Å². The van der Waals surface area contributed by atoms with Crippen LogP contribution in [0.1, 0.15) is 31.1 Å². The number of benzene rings is 1. The second-order valence-corrected chi connectivity index (χ2v) is 5.44. The lowest BCUT2D eigenvalue weighted by atomic mass is 9.98. The molecule has 1 unspecified atom stereocenters. The fraction of sp³-hybridized carbons (Fsp3) is 0.438. The second kappa shape index (κ2) is 4.54. The lowest BCUT2D eigenvalue weighted by Crippen LogP contribution is -2.38. The highest BCUT2D eigenvalue weighted by Crippen LogP contribution is 2.37. The van der Waals surface area contributed by atoms with Gasteiger partial charge in [-0.05, 0) is 37.1 Å². The van der Waals surface area contributed by atoms with Crippen molar-refractivity contribution in [3.8, 4) is 5.75 Å². The Kier molecular flexibility index (Phi) is 2.96. The Morgan fingerprint density at radius 1 is 1.40 bits per heavy atom. The van der Waals surface area contributed by atoms with Crippen LogP contribution >= 0.6 is 0 Å². The van der Waals surface area contributed by atoms with Crippen LogP contribution in [0.3, 0.4) is 0 Å². The van der Waals surface area contributed by atoms with E-state index in [1.54, 1.807) is 14.0 Å². The van der Waals surface area contributed by atoms with Crippen molar-refractivity contribution >= 4 is 16.8 Å². The van der Waals surface area contributed by atoms with Crippen LogP contribution in [0.5, 0.6) is 5.75 Å². The molecule has 0 saturated carbocycles. The van der Waals surface area contributed by atoms with Gasteiger partial charge in [-0.25, -0.2) is 0 Å². The zero-order chi connectivity index (χ0) is 14.4. The summed E-state index contributed by atoms with van der Waals surface area (Å²) in [6, 6.07) is 6.31. The van der Waals surface area contributed by atoms with E-state index in [2.05, 4.69) is 30.7 Å². The summed E-state index contributed by atoms with van der Waals surface area (Å²) in [4.78, 5) is 13.7. The Morgan fingerprint density at radius 3 is 2.80 bits per heavy atom. The molecule has 4 nitrogen and oxygen atoms in total. The summed E-state index contributed by atoms with van der Waals surface area (Å²) in [5.74, 6) is 1.03. The maximum Gasteiger partial charge on any atom is 0.220 e. The van der Waals surface area contributed by atoms with Gasteiger partial charge < -0.3 is 14.2 Å². The van der Waals surface area contributed by atoms with Gasteiger partial charge in [0.2, 0.25) is 5.91 Å². The highest BCUT2D eigenvalue weighted by molar-refractivity contribution is 5.88. The molecule has 1 aliphatic rings. The molecule has 1 aromatic carbocycles. The first-order valence-corrected chi connectivity index (χ1v) is 6.97. The first-order valence-electron chi connectivity index (χ1n) is 6.97. The van der Waals surface area contributed by atoms with Gasteiger partial charge in [-0.1, -0.05) is 0 Å². The molecule has 1 atom stereocenters. The molecule has 0 N–H and O–H groups in total. The van der Waals surface area contributed by atoms with Crippen LogP contribution in [-0.2, 0) is 18.3 Å². The van der Waals surface area contributed by atoms with Crippen molar-refractivity contribution in [2.24, 2.45) is 7.05 Å². The van der Waals surface area contributed by atoms with Crippen LogP contribution in [0, 0.1) is 0 Å². The van der Waals surface area contributed by atoms with E-state index in [-0.39, 0.29) is 11.9 Å². The van der Waals surface area contributed by atoms with E-state index in [4.69, 9.17) is 4.74 Å². The van der Waals surface area contributed by atoms with E-state index in [1.807, 2.05) is 11.0 Å². The Labute approximate surface area is 118 Å². The predicted octanol–water partition coefficient (Wildman–Crippen LogP) is 2.65. The molecule has 0 bridgehead atoms. The van der Waals surface area contributed by atoms with E-state index >= 15 is 0 Å². The quantitative estimate of drug-likeness (QED) is 0.800. The molecule has 0 spiro atoms. The average molecular weight is 272 g/mol. The number of aromatic nitrogens is 1. The van der Waals surface area contributed by atoms with E-state index in [9.17, 15) is 4.79 Å². The first-order chi connectivity index (χ1) is 9.54. The van der Waals surface area contributed by atoms with Crippen LogP contribution in [0.15, 0.2) is 18.2 Å². The number of nitrogens with zero attached hydrogens (tertiary/aromatic N) is 2. The maximum absolute atomic E-state index is 11.7. The van der Waals surface area contributed by atoms with Gasteiger partial charge in [0.25, 0.3) is 0 Å². The number of carbonyl (C=O) groups excluding carboxylic acids is 1. The Bertz CT molecular complexity index is 687. The number of ether oxygens (including phenoxy) is 1. The third-order valence-corrected chi connectivity index (χ3v) is 4.43. The van der Waals surface area contributed by atoms with Crippen molar-refractivity contribution in [2.45, 2.75) is 26.3 Å². The largest absolute Gasteiger partial charge is 0.497 e. The normalized spacial score (nSPS) is 18.2. The summed E-state index contributed by atoms with van der Waals surface area (Å²) < 4.78 is 7.55. The third-order valence-electron chi connectivity index (χ3n) is 4.43.